The van der Waals surface area contributed by atoms with Crippen LogP contribution in [-0.2, 0) is 18.3 Å². The molecule has 1 N–H and O–H groups in total. The molecule has 2 heterocycles. The number of aryl methyl sites for hydroxylation is 2. The van der Waals surface area contributed by atoms with Crippen molar-refractivity contribution in [3.8, 4) is 0 Å². The van der Waals surface area contributed by atoms with E-state index in [2.05, 4.69) is 17.3 Å². The summed E-state index contributed by atoms with van der Waals surface area (Å²) in [6, 6.07) is 7.62. The Morgan fingerprint density at radius 1 is 1.07 bits per heavy atom. The maximum atomic E-state index is 12.5. The van der Waals surface area contributed by atoms with Crippen LogP contribution in [0.15, 0.2) is 36.7 Å². The molecular weight excluding hydrogens is 380 g/mol. The number of hydrogen-bond acceptors (Lipinski definition) is 4. The zero-order valence-electron chi connectivity index (χ0n) is 17.8. The van der Waals surface area contributed by atoms with Gasteiger partial charge in [0.1, 0.15) is 0 Å². The molecule has 7 nitrogen and oxygen atoms in total. The Balaban J connectivity index is 1.37. The van der Waals surface area contributed by atoms with Gasteiger partial charge in [0.25, 0.3) is 5.91 Å². The Kier molecular flexibility index (Phi) is 7.38. The van der Waals surface area contributed by atoms with Crippen LogP contribution in [0, 0.1) is 5.92 Å². The highest BCUT2D eigenvalue weighted by Gasteiger charge is 2.23. The van der Waals surface area contributed by atoms with E-state index in [4.69, 9.17) is 0 Å². The SMILES string of the molecule is CCc1ccc(C(=O)CCC(=O)N2CCC(CNC(=O)c3cnn(C)c3)CC2)cc1. The maximum Gasteiger partial charge on any atom is 0.254 e. The van der Waals surface area contributed by atoms with E-state index in [0.29, 0.717) is 36.7 Å². The number of amides is 2. The van der Waals surface area contributed by atoms with Crippen molar-refractivity contribution in [3.63, 3.8) is 0 Å². The predicted octanol–water partition coefficient (Wildman–Crippen LogP) is 2.61. The zero-order chi connectivity index (χ0) is 21.5. The molecule has 2 amide bonds. The van der Waals surface area contributed by atoms with Gasteiger partial charge >= 0.3 is 0 Å². The molecule has 30 heavy (non-hydrogen) atoms. The second-order valence-electron chi connectivity index (χ2n) is 7.91. The summed E-state index contributed by atoms with van der Waals surface area (Å²) >= 11 is 0. The molecule has 0 aliphatic carbocycles. The fourth-order valence-electron chi connectivity index (χ4n) is 3.71. The van der Waals surface area contributed by atoms with Crippen molar-refractivity contribution in [2.45, 2.75) is 39.0 Å². The van der Waals surface area contributed by atoms with Crippen LogP contribution in [-0.4, -0.2) is 51.9 Å². The van der Waals surface area contributed by atoms with Gasteiger partial charge < -0.3 is 10.2 Å². The van der Waals surface area contributed by atoms with Gasteiger partial charge in [-0.15, -0.1) is 0 Å². The Bertz CT molecular complexity index is 880. The van der Waals surface area contributed by atoms with Gasteiger partial charge in [0, 0.05) is 51.3 Å². The average Bonchev–Trinajstić information content (AvgIpc) is 3.22. The molecule has 1 aliphatic rings. The summed E-state index contributed by atoms with van der Waals surface area (Å²) in [4.78, 5) is 38.8. The van der Waals surface area contributed by atoms with Gasteiger partial charge in [-0.1, -0.05) is 31.2 Å². The highest BCUT2D eigenvalue weighted by atomic mass is 16.2. The van der Waals surface area contributed by atoms with Crippen molar-refractivity contribution < 1.29 is 14.4 Å². The number of Topliss-reactive ketones (excluding diaryl/α,β-unsaturated/α-hetero) is 1. The highest BCUT2D eigenvalue weighted by Crippen LogP contribution is 2.18. The van der Waals surface area contributed by atoms with Gasteiger partial charge in [-0.2, -0.15) is 5.10 Å². The van der Waals surface area contributed by atoms with E-state index in [1.54, 1.807) is 24.1 Å². The fourth-order valence-corrected chi connectivity index (χ4v) is 3.71. The van der Waals surface area contributed by atoms with Gasteiger partial charge in [-0.05, 0) is 30.7 Å². The normalized spacial score (nSPS) is 14.5. The van der Waals surface area contributed by atoms with E-state index < -0.39 is 0 Å². The zero-order valence-corrected chi connectivity index (χ0v) is 17.8. The van der Waals surface area contributed by atoms with Crippen LogP contribution in [0.2, 0.25) is 0 Å². The molecule has 1 aromatic carbocycles. The summed E-state index contributed by atoms with van der Waals surface area (Å²) in [5, 5.41) is 6.96. The molecule has 1 fully saturated rings. The summed E-state index contributed by atoms with van der Waals surface area (Å²) in [6.45, 7) is 4.02. The number of nitrogens with zero attached hydrogens (tertiary/aromatic N) is 3. The monoisotopic (exact) mass is 410 g/mol. The van der Waals surface area contributed by atoms with Gasteiger partial charge in [0.05, 0.1) is 11.8 Å². The number of likely N-dealkylation sites (tertiary alicyclic amines) is 1. The number of rotatable bonds is 8. The summed E-state index contributed by atoms with van der Waals surface area (Å²) in [6.07, 6.45) is 6.38. The minimum Gasteiger partial charge on any atom is -0.352 e. The molecule has 7 heteroatoms. The van der Waals surface area contributed by atoms with Crippen LogP contribution in [0.3, 0.4) is 0 Å². The molecule has 3 rings (SSSR count). The molecule has 1 aliphatic heterocycles. The third-order valence-corrected chi connectivity index (χ3v) is 5.74. The first-order valence-corrected chi connectivity index (χ1v) is 10.6. The first-order valence-electron chi connectivity index (χ1n) is 10.6. The molecule has 2 aromatic rings. The van der Waals surface area contributed by atoms with E-state index in [1.807, 2.05) is 29.2 Å². The van der Waals surface area contributed by atoms with E-state index in [0.717, 1.165) is 19.3 Å². The molecule has 0 radical (unpaired) electrons. The molecule has 0 atom stereocenters. The lowest BCUT2D eigenvalue weighted by molar-refractivity contribution is -0.132. The van der Waals surface area contributed by atoms with Crippen LogP contribution in [0.5, 0.6) is 0 Å². The van der Waals surface area contributed by atoms with Crippen molar-refractivity contribution in [2.24, 2.45) is 13.0 Å². The summed E-state index contributed by atoms with van der Waals surface area (Å²) in [7, 11) is 1.78. The average molecular weight is 411 g/mol. The van der Waals surface area contributed by atoms with Crippen molar-refractivity contribution in [1.82, 2.24) is 20.0 Å². The predicted molar refractivity (Wildman–Crippen MR) is 114 cm³/mol. The fraction of sp³-hybridized carbons (Fsp3) is 0.478. The highest BCUT2D eigenvalue weighted by molar-refractivity contribution is 5.98. The standard InChI is InChI=1S/C23H30N4O3/c1-3-17-4-6-19(7-5-17)21(28)8-9-22(29)27-12-10-18(11-13-27)14-24-23(30)20-15-25-26(2)16-20/h4-7,15-16,18H,3,8-14H2,1-2H3,(H,24,30). The smallest absolute Gasteiger partial charge is 0.254 e. The molecule has 0 bridgehead atoms. The van der Waals surface area contributed by atoms with Crippen LogP contribution in [0.4, 0.5) is 0 Å². The van der Waals surface area contributed by atoms with Gasteiger partial charge in [-0.3, -0.25) is 19.1 Å². The molecule has 1 saturated heterocycles. The maximum absolute atomic E-state index is 12.5. The van der Waals surface area contributed by atoms with Crippen LogP contribution in [0.25, 0.3) is 0 Å². The number of carbonyl (C=O) groups excluding carboxylic acids is 3. The summed E-state index contributed by atoms with van der Waals surface area (Å²) < 4.78 is 1.60. The number of piperidine rings is 1. The summed E-state index contributed by atoms with van der Waals surface area (Å²) in [5.74, 6) is 0.283. The number of nitrogens with one attached hydrogen (secondary N) is 1. The first kappa shape index (κ1) is 21.7. The minimum atomic E-state index is -0.118. The molecule has 0 unspecified atom stereocenters. The number of ketones is 1. The molecule has 160 valence electrons. The lowest BCUT2D eigenvalue weighted by Gasteiger charge is -2.32. The second-order valence-corrected chi connectivity index (χ2v) is 7.91. The number of carbonyl (C=O) groups is 3. The summed E-state index contributed by atoms with van der Waals surface area (Å²) in [5.41, 5.74) is 2.42. The largest absolute Gasteiger partial charge is 0.352 e. The minimum absolute atomic E-state index is 0.0130. The van der Waals surface area contributed by atoms with Crippen molar-refractivity contribution in [1.29, 1.82) is 0 Å². The van der Waals surface area contributed by atoms with E-state index in [1.165, 1.54) is 5.56 Å². The molecule has 1 aromatic heterocycles. The quantitative estimate of drug-likeness (QED) is 0.678. The van der Waals surface area contributed by atoms with Crippen LogP contribution < -0.4 is 5.32 Å². The number of hydrogen-bond donors (Lipinski definition) is 1. The van der Waals surface area contributed by atoms with E-state index in [-0.39, 0.29) is 30.4 Å². The molecular formula is C23H30N4O3. The second kappa shape index (κ2) is 10.2. The van der Waals surface area contributed by atoms with Gasteiger partial charge in [-0.25, -0.2) is 0 Å². The Hall–Kier alpha value is -2.96. The third-order valence-electron chi connectivity index (χ3n) is 5.74. The topological polar surface area (TPSA) is 84.3 Å². The van der Waals surface area contributed by atoms with Crippen LogP contribution in [0.1, 0.15) is 58.9 Å². The van der Waals surface area contributed by atoms with Crippen LogP contribution >= 0.6 is 0 Å². The number of aromatic nitrogens is 2. The van der Waals surface area contributed by atoms with E-state index >= 15 is 0 Å². The van der Waals surface area contributed by atoms with Crippen molar-refractivity contribution >= 4 is 17.6 Å². The van der Waals surface area contributed by atoms with Crippen molar-refractivity contribution in [3.05, 3.63) is 53.3 Å². The molecule has 0 spiro atoms. The Morgan fingerprint density at radius 2 is 1.77 bits per heavy atom. The van der Waals surface area contributed by atoms with E-state index in [9.17, 15) is 14.4 Å². The molecule has 0 saturated carbocycles. The lowest BCUT2D eigenvalue weighted by atomic mass is 9.96. The van der Waals surface area contributed by atoms with Gasteiger partial charge in [0.2, 0.25) is 5.91 Å². The van der Waals surface area contributed by atoms with Crippen molar-refractivity contribution in [2.75, 3.05) is 19.6 Å². The lowest BCUT2D eigenvalue weighted by Crippen LogP contribution is -2.41. The first-order chi connectivity index (χ1) is 14.5. The third kappa shape index (κ3) is 5.78. The number of benzene rings is 1. The van der Waals surface area contributed by atoms with Gasteiger partial charge in [0.15, 0.2) is 5.78 Å². The Morgan fingerprint density at radius 3 is 2.37 bits per heavy atom. The Labute approximate surface area is 177 Å².